The van der Waals surface area contributed by atoms with Crippen LogP contribution in [0, 0.1) is 0 Å². The average Bonchev–Trinajstić information content (AvgIpc) is 2.79. The van der Waals surface area contributed by atoms with Crippen LogP contribution >= 0.6 is 7.26 Å². The first-order valence-corrected chi connectivity index (χ1v) is 11.4. The van der Waals surface area contributed by atoms with Crippen molar-refractivity contribution in [3.8, 4) is 5.75 Å². The van der Waals surface area contributed by atoms with Gasteiger partial charge in [-0.15, -0.1) is 0 Å². The maximum Gasteiger partial charge on any atom is 0.339 e. The second-order valence-corrected chi connectivity index (χ2v) is 10.2. The zero-order chi connectivity index (χ0) is 20.1. The Morgan fingerprint density at radius 3 is 1.59 bits per heavy atom. The van der Waals surface area contributed by atoms with E-state index in [1.54, 1.807) is 7.11 Å². The smallest absolute Gasteiger partial charge is 0.339 e. The van der Waals surface area contributed by atoms with Crippen molar-refractivity contribution in [2.24, 2.45) is 0 Å². The van der Waals surface area contributed by atoms with Crippen LogP contribution in [0.3, 0.4) is 0 Å². The minimum Gasteiger partial charge on any atom is -0.496 e. The van der Waals surface area contributed by atoms with Crippen molar-refractivity contribution in [3.05, 3.63) is 119 Å². The minimum atomic E-state index is -2.11. The Morgan fingerprint density at radius 1 is 0.724 bits per heavy atom. The van der Waals surface area contributed by atoms with Crippen molar-refractivity contribution >= 4 is 23.2 Å². The standard InChI is InChI=1S/C25H22O3P/c1-27-20-17-21(28-25(26)18-20)19-29(22-11-5-2-6-12-22,23-13-7-3-8-14-23)24-15-9-4-10-16-24/h2-18H,19H2,1H3/q+1. The van der Waals surface area contributed by atoms with Gasteiger partial charge in [-0.25, -0.2) is 4.79 Å². The first-order chi connectivity index (χ1) is 14.2. The van der Waals surface area contributed by atoms with Gasteiger partial charge in [0.05, 0.1) is 13.2 Å². The average molecular weight is 401 g/mol. The van der Waals surface area contributed by atoms with Crippen molar-refractivity contribution in [2.75, 3.05) is 7.11 Å². The Bertz CT molecular complexity index is 1030. The zero-order valence-corrected chi connectivity index (χ0v) is 17.1. The lowest BCUT2D eigenvalue weighted by atomic mass is 10.3. The Hall–Kier alpha value is -3.16. The van der Waals surface area contributed by atoms with Gasteiger partial charge in [0.25, 0.3) is 0 Å². The monoisotopic (exact) mass is 401 g/mol. The van der Waals surface area contributed by atoms with E-state index in [2.05, 4.69) is 72.8 Å². The van der Waals surface area contributed by atoms with E-state index < -0.39 is 12.9 Å². The Labute approximate surface area is 170 Å². The summed E-state index contributed by atoms with van der Waals surface area (Å²) in [5.74, 6) is 1.14. The number of hydrogen-bond acceptors (Lipinski definition) is 3. The zero-order valence-electron chi connectivity index (χ0n) is 16.2. The van der Waals surface area contributed by atoms with Crippen LogP contribution in [-0.4, -0.2) is 7.11 Å². The normalized spacial score (nSPS) is 11.2. The van der Waals surface area contributed by atoms with Gasteiger partial charge in [-0.1, -0.05) is 54.6 Å². The fourth-order valence-corrected chi connectivity index (χ4v) is 7.81. The fourth-order valence-electron chi connectivity index (χ4n) is 3.70. The van der Waals surface area contributed by atoms with Crippen LogP contribution in [-0.2, 0) is 6.16 Å². The number of hydrogen-bond donors (Lipinski definition) is 0. The quantitative estimate of drug-likeness (QED) is 0.456. The van der Waals surface area contributed by atoms with E-state index in [9.17, 15) is 4.79 Å². The molecule has 1 heterocycles. The molecule has 4 heteroatoms. The lowest BCUT2D eigenvalue weighted by Crippen LogP contribution is -2.32. The van der Waals surface area contributed by atoms with Gasteiger partial charge in [-0.2, -0.15) is 0 Å². The third-order valence-electron chi connectivity index (χ3n) is 5.01. The Kier molecular flexibility index (Phi) is 5.59. The highest BCUT2D eigenvalue weighted by molar-refractivity contribution is 7.95. The topological polar surface area (TPSA) is 39.4 Å². The molecule has 0 aliphatic carbocycles. The Balaban J connectivity index is 2.00. The second kappa shape index (κ2) is 8.46. The molecule has 29 heavy (non-hydrogen) atoms. The molecule has 1 aromatic heterocycles. The number of rotatable bonds is 6. The molecule has 0 aliphatic rings. The van der Waals surface area contributed by atoms with E-state index in [0.717, 1.165) is 0 Å². The largest absolute Gasteiger partial charge is 0.496 e. The molecule has 0 atom stereocenters. The summed E-state index contributed by atoms with van der Waals surface area (Å²) in [6, 6.07) is 34.7. The van der Waals surface area contributed by atoms with Crippen LogP contribution in [0.5, 0.6) is 5.75 Å². The Morgan fingerprint density at radius 2 is 1.17 bits per heavy atom. The number of benzene rings is 3. The van der Waals surface area contributed by atoms with Gasteiger partial charge < -0.3 is 9.15 Å². The maximum absolute atomic E-state index is 12.1. The SMILES string of the molecule is COc1cc(C[P+](c2ccccc2)(c2ccccc2)c2ccccc2)oc(=O)c1. The minimum absolute atomic E-state index is 0.397. The van der Waals surface area contributed by atoms with Gasteiger partial charge in [0.15, 0.2) is 0 Å². The van der Waals surface area contributed by atoms with Crippen LogP contribution in [0.15, 0.2) is 112 Å². The van der Waals surface area contributed by atoms with Crippen LogP contribution in [0.2, 0.25) is 0 Å². The highest BCUT2D eigenvalue weighted by Crippen LogP contribution is 2.58. The molecule has 4 aromatic rings. The van der Waals surface area contributed by atoms with Crippen molar-refractivity contribution in [3.63, 3.8) is 0 Å². The molecule has 0 radical (unpaired) electrons. The summed E-state index contributed by atoms with van der Waals surface area (Å²) in [6.45, 7) is 0. The first kappa shape index (κ1) is 19.2. The first-order valence-electron chi connectivity index (χ1n) is 9.45. The van der Waals surface area contributed by atoms with Gasteiger partial charge in [-0.05, 0) is 36.4 Å². The molecule has 144 valence electrons. The van der Waals surface area contributed by atoms with Crippen molar-refractivity contribution in [2.45, 2.75) is 6.16 Å². The third-order valence-corrected chi connectivity index (χ3v) is 9.34. The summed E-state index contributed by atoms with van der Waals surface area (Å²) in [5.41, 5.74) is -0.397. The van der Waals surface area contributed by atoms with Crippen LogP contribution in [0.25, 0.3) is 0 Å². The predicted octanol–water partition coefficient (Wildman–Crippen LogP) is 4.14. The van der Waals surface area contributed by atoms with E-state index in [4.69, 9.17) is 9.15 Å². The third kappa shape index (κ3) is 3.87. The van der Waals surface area contributed by atoms with Crippen LogP contribution in [0.1, 0.15) is 5.76 Å². The van der Waals surface area contributed by atoms with Gasteiger partial charge in [0.2, 0.25) is 0 Å². The lowest BCUT2D eigenvalue weighted by Gasteiger charge is -2.27. The molecule has 0 saturated carbocycles. The van der Waals surface area contributed by atoms with Crippen molar-refractivity contribution < 1.29 is 9.15 Å². The number of methoxy groups -OCH3 is 1. The van der Waals surface area contributed by atoms with Crippen molar-refractivity contribution in [1.82, 2.24) is 0 Å². The second-order valence-electron chi connectivity index (χ2n) is 6.76. The molecule has 3 aromatic carbocycles. The fraction of sp³-hybridized carbons (Fsp3) is 0.0800. The predicted molar refractivity (Wildman–Crippen MR) is 120 cm³/mol. The molecule has 4 rings (SSSR count). The molecule has 0 fully saturated rings. The van der Waals surface area contributed by atoms with Gasteiger partial charge in [-0.3, -0.25) is 0 Å². The molecule has 0 unspecified atom stereocenters. The van der Waals surface area contributed by atoms with E-state index in [1.807, 2.05) is 24.3 Å². The summed E-state index contributed by atoms with van der Waals surface area (Å²) >= 11 is 0. The van der Waals surface area contributed by atoms with E-state index in [-0.39, 0.29) is 0 Å². The summed E-state index contributed by atoms with van der Waals surface area (Å²) < 4.78 is 11.0. The summed E-state index contributed by atoms with van der Waals surface area (Å²) in [5, 5.41) is 3.72. The molecule has 0 aliphatic heterocycles. The number of ether oxygens (including phenoxy) is 1. The molecule has 0 spiro atoms. The molecule has 0 amide bonds. The molecule has 3 nitrogen and oxygen atoms in total. The van der Waals surface area contributed by atoms with Crippen molar-refractivity contribution in [1.29, 1.82) is 0 Å². The molecule has 0 saturated heterocycles. The van der Waals surface area contributed by atoms with Crippen LogP contribution < -0.4 is 26.3 Å². The lowest BCUT2D eigenvalue weighted by molar-refractivity contribution is 0.396. The van der Waals surface area contributed by atoms with E-state index >= 15 is 0 Å². The maximum atomic E-state index is 12.1. The summed E-state index contributed by atoms with van der Waals surface area (Å²) in [7, 11) is -0.551. The van der Waals surface area contributed by atoms with Gasteiger partial charge in [0.1, 0.15) is 40.8 Å². The summed E-state index contributed by atoms with van der Waals surface area (Å²) in [4.78, 5) is 12.1. The summed E-state index contributed by atoms with van der Waals surface area (Å²) in [6.07, 6.45) is 0.595. The van der Waals surface area contributed by atoms with Crippen LogP contribution in [0.4, 0.5) is 0 Å². The van der Waals surface area contributed by atoms with E-state index in [0.29, 0.717) is 17.7 Å². The highest BCUT2D eigenvalue weighted by atomic mass is 31.2. The molecule has 0 bridgehead atoms. The highest BCUT2D eigenvalue weighted by Gasteiger charge is 2.46. The molecular weight excluding hydrogens is 379 g/mol. The molecular formula is C25H22O3P+. The van der Waals surface area contributed by atoms with Gasteiger partial charge >= 0.3 is 5.63 Å². The van der Waals surface area contributed by atoms with E-state index in [1.165, 1.54) is 22.0 Å². The van der Waals surface area contributed by atoms with Gasteiger partial charge in [0, 0.05) is 6.07 Å². The molecule has 0 N–H and O–H groups in total.